The lowest BCUT2D eigenvalue weighted by Gasteiger charge is -2.24. The van der Waals surface area contributed by atoms with Crippen LogP contribution in [-0.2, 0) is 0 Å². The first kappa shape index (κ1) is 22.6. The van der Waals surface area contributed by atoms with E-state index in [4.69, 9.17) is 14.5 Å². The Bertz CT molecular complexity index is 1020. The summed E-state index contributed by atoms with van der Waals surface area (Å²) in [6.07, 6.45) is 20.5. The number of aromatic carboxylic acids is 1. The summed E-state index contributed by atoms with van der Waals surface area (Å²) in [6, 6.07) is 3.24. The molecule has 0 amide bonds. The predicted octanol–water partition coefficient (Wildman–Crippen LogP) is 7.90. The zero-order chi connectivity index (χ0) is 22.5. The minimum absolute atomic E-state index is 0.0291. The number of rotatable bonds is 10. The molecular formula is C28H35NO3. The molecule has 1 N–H and O–H groups in total. The second-order valence-electron chi connectivity index (χ2n) is 9.28. The first-order valence-electron chi connectivity index (χ1n) is 12.3. The molecule has 2 heterocycles. The standard InChI is InChI=1S/C28H35NO3/c1-3-4-5-6-7-8-11-20-14-15-21(18-19(2)24-16-17-25(32-24)28(30)31)27-26(20)22-12-9-10-13-23(22)29-27/h14-18,20H,3-13H2,1-2H3,(H,30,31). The summed E-state index contributed by atoms with van der Waals surface area (Å²) >= 11 is 0. The quantitative estimate of drug-likeness (QED) is 0.381. The normalized spacial score (nSPS) is 20.5. The number of carboxylic acid groups (broad SMARTS) is 1. The highest BCUT2D eigenvalue weighted by Crippen LogP contribution is 2.44. The maximum absolute atomic E-state index is 11.2. The molecule has 1 aromatic heterocycles. The Balaban J connectivity index is 1.56. The van der Waals surface area contributed by atoms with Crippen molar-refractivity contribution in [1.82, 2.24) is 0 Å². The van der Waals surface area contributed by atoms with Gasteiger partial charge in [0.15, 0.2) is 0 Å². The third kappa shape index (κ3) is 4.90. The molecule has 0 spiro atoms. The Hall–Kier alpha value is -2.62. The van der Waals surface area contributed by atoms with Crippen molar-refractivity contribution in [2.45, 2.75) is 84.5 Å². The van der Waals surface area contributed by atoms with Crippen molar-refractivity contribution >= 4 is 17.3 Å². The van der Waals surface area contributed by atoms with E-state index in [-0.39, 0.29) is 5.76 Å². The van der Waals surface area contributed by atoms with Gasteiger partial charge in [-0.05, 0) is 74.0 Å². The van der Waals surface area contributed by atoms with E-state index in [1.54, 1.807) is 6.07 Å². The van der Waals surface area contributed by atoms with Crippen molar-refractivity contribution in [3.05, 3.63) is 64.3 Å². The SMILES string of the molecule is CCCCCCCCC1C=CC(C=C(C)c2ccc(C(=O)O)o2)=C2N=C3CCCCC3=C21. The summed E-state index contributed by atoms with van der Waals surface area (Å²) in [4.78, 5) is 16.3. The maximum atomic E-state index is 11.2. The van der Waals surface area contributed by atoms with E-state index in [0.717, 1.165) is 29.7 Å². The van der Waals surface area contributed by atoms with Crippen molar-refractivity contribution in [2.24, 2.45) is 10.9 Å². The van der Waals surface area contributed by atoms with Crippen LogP contribution in [0.5, 0.6) is 0 Å². The third-order valence-corrected chi connectivity index (χ3v) is 6.86. The maximum Gasteiger partial charge on any atom is 0.371 e. The molecular weight excluding hydrogens is 398 g/mol. The number of allylic oxidation sites excluding steroid dienone is 7. The molecule has 4 nitrogen and oxygen atoms in total. The van der Waals surface area contributed by atoms with E-state index in [9.17, 15) is 4.79 Å². The number of hydrogen-bond donors (Lipinski definition) is 1. The van der Waals surface area contributed by atoms with Gasteiger partial charge in [-0.25, -0.2) is 4.79 Å². The zero-order valence-electron chi connectivity index (χ0n) is 19.5. The molecule has 2 aliphatic carbocycles. The average molecular weight is 434 g/mol. The summed E-state index contributed by atoms with van der Waals surface area (Å²) in [7, 11) is 0. The summed E-state index contributed by atoms with van der Waals surface area (Å²) in [5.74, 6) is -0.0152. The minimum Gasteiger partial charge on any atom is -0.475 e. The van der Waals surface area contributed by atoms with Gasteiger partial charge in [0.2, 0.25) is 5.76 Å². The van der Waals surface area contributed by atoms with Crippen molar-refractivity contribution in [2.75, 3.05) is 0 Å². The summed E-state index contributed by atoms with van der Waals surface area (Å²) < 4.78 is 5.51. The number of furan rings is 1. The highest BCUT2D eigenvalue weighted by atomic mass is 16.4. The van der Waals surface area contributed by atoms with E-state index in [0.29, 0.717) is 11.7 Å². The molecule has 1 saturated carbocycles. The van der Waals surface area contributed by atoms with Crippen LogP contribution in [0, 0.1) is 5.92 Å². The van der Waals surface area contributed by atoms with Gasteiger partial charge in [0.25, 0.3) is 0 Å². The van der Waals surface area contributed by atoms with Crippen LogP contribution in [0.15, 0.2) is 62.2 Å². The second-order valence-corrected chi connectivity index (χ2v) is 9.28. The number of carbonyl (C=O) groups is 1. The molecule has 4 rings (SSSR count). The van der Waals surface area contributed by atoms with Gasteiger partial charge in [-0.2, -0.15) is 0 Å². The molecule has 0 aromatic carbocycles. The van der Waals surface area contributed by atoms with Gasteiger partial charge in [0.05, 0.1) is 5.70 Å². The molecule has 1 aromatic rings. The van der Waals surface area contributed by atoms with Gasteiger partial charge in [0.1, 0.15) is 5.76 Å². The fourth-order valence-corrected chi connectivity index (χ4v) is 5.13. The summed E-state index contributed by atoms with van der Waals surface area (Å²) in [5, 5.41) is 9.15. The molecule has 32 heavy (non-hydrogen) atoms. The first-order chi connectivity index (χ1) is 15.6. The van der Waals surface area contributed by atoms with E-state index < -0.39 is 5.97 Å². The highest BCUT2D eigenvalue weighted by molar-refractivity contribution is 6.06. The van der Waals surface area contributed by atoms with Crippen LogP contribution < -0.4 is 0 Å². The van der Waals surface area contributed by atoms with E-state index in [1.807, 2.05) is 6.92 Å². The van der Waals surface area contributed by atoms with Crippen molar-refractivity contribution in [1.29, 1.82) is 0 Å². The van der Waals surface area contributed by atoms with Gasteiger partial charge >= 0.3 is 5.97 Å². The Morgan fingerprint density at radius 2 is 1.88 bits per heavy atom. The van der Waals surface area contributed by atoms with Crippen LogP contribution in [-0.4, -0.2) is 16.8 Å². The van der Waals surface area contributed by atoms with E-state index in [1.165, 1.54) is 80.7 Å². The smallest absolute Gasteiger partial charge is 0.371 e. The highest BCUT2D eigenvalue weighted by Gasteiger charge is 2.32. The van der Waals surface area contributed by atoms with Crippen molar-refractivity contribution in [3.63, 3.8) is 0 Å². The fraction of sp³-hybridized carbons (Fsp3) is 0.500. The average Bonchev–Trinajstić information content (AvgIpc) is 3.43. The third-order valence-electron chi connectivity index (χ3n) is 6.86. The monoisotopic (exact) mass is 433 g/mol. The molecule has 0 bridgehead atoms. The van der Waals surface area contributed by atoms with Crippen LogP contribution in [0.2, 0.25) is 0 Å². The molecule has 1 aliphatic heterocycles. The predicted molar refractivity (Wildman–Crippen MR) is 130 cm³/mol. The molecule has 1 fully saturated rings. The molecule has 3 aliphatic rings. The molecule has 4 heteroatoms. The number of nitrogens with zero attached hydrogens (tertiary/aromatic N) is 1. The molecule has 1 unspecified atom stereocenters. The summed E-state index contributed by atoms with van der Waals surface area (Å²) in [5.41, 5.74) is 7.42. The molecule has 1 atom stereocenters. The summed E-state index contributed by atoms with van der Waals surface area (Å²) in [6.45, 7) is 4.23. The number of unbranched alkanes of at least 4 members (excludes halogenated alkanes) is 5. The van der Waals surface area contributed by atoms with Crippen LogP contribution in [0.4, 0.5) is 0 Å². The van der Waals surface area contributed by atoms with Gasteiger partial charge in [-0.15, -0.1) is 0 Å². The Morgan fingerprint density at radius 1 is 1.12 bits per heavy atom. The first-order valence-corrected chi connectivity index (χ1v) is 12.3. The van der Waals surface area contributed by atoms with Crippen LogP contribution >= 0.6 is 0 Å². The number of aliphatic imine (C=N–C) groups is 1. The Kier molecular flexibility index (Phi) is 7.29. The molecule has 0 radical (unpaired) electrons. The van der Waals surface area contributed by atoms with Crippen LogP contribution in [0.25, 0.3) is 5.57 Å². The lowest BCUT2D eigenvalue weighted by molar-refractivity contribution is 0.0662. The number of carboxylic acids is 1. The Labute approximate surface area is 191 Å². The number of fused-ring (bicyclic) bond motifs is 2. The van der Waals surface area contributed by atoms with E-state index >= 15 is 0 Å². The second kappa shape index (κ2) is 10.3. The van der Waals surface area contributed by atoms with Crippen molar-refractivity contribution in [3.8, 4) is 0 Å². The largest absolute Gasteiger partial charge is 0.475 e. The molecule has 0 saturated heterocycles. The minimum atomic E-state index is -1.04. The Morgan fingerprint density at radius 3 is 2.66 bits per heavy atom. The van der Waals surface area contributed by atoms with Crippen LogP contribution in [0.1, 0.15) is 101 Å². The van der Waals surface area contributed by atoms with Crippen LogP contribution in [0.3, 0.4) is 0 Å². The van der Waals surface area contributed by atoms with Gasteiger partial charge in [-0.3, -0.25) is 4.99 Å². The lowest BCUT2D eigenvalue weighted by atomic mass is 9.80. The fourth-order valence-electron chi connectivity index (χ4n) is 5.13. The lowest BCUT2D eigenvalue weighted by Crippen LogP contribution is -2.12. The van der Waals surface area contributed by atoms with Gasteiger partial charge < -0.3 is 9.52 Å². The number of hydrogen-bond acceptors (Lipinski definition) is 3. The van der Waals surface area contributed by atoms with Gasteiger partial charge in [0, 0.05) is 17.2 Å². The van der Waals surface area contributed by atoms with E-state index in [2.05, 4.69) is 25.2 Å². The van der Waals surface area contributed by atoms with Crippen molar-refractivity contribution < 1.29 is 14.3 Å². The zero-order valence-corrected chi connectivity index (χ0v) is 19.5. The molecule has 170 valence electrons. The van der Waals surface area contributed by atoms with Gasteiger partial charge in [-0.1, -0.05) is 57.6 Å². The topological polar surface area (TPSA) is 62.8 Å².